The Balaban J connectivity index is 0.000000520. The maximum absolute atomic E-state index is 5.89. The summed E-state index contributed by atoms with van der Waals surface area (Å²) in [6.45, 7) is 56.2. The van der Waals surface area contributed by atoms with Gasteiger partial charge in [0.05, 0.1) is 42.2 Å². The monoisotopic (exact) mass is 1910 g/mol. The molecule has 1 aliphatic heterocycles. The van der Waals surface area contributed by atoms with Crippen molar-refractivity contribution in [2.24, 2.45) is 0 Å². The molecule has 1 heterocycles. The van der Waals surface area contributed by atoms with Crippen molar-refractivity contribution in [3.63, 3.8) is 0 Å². The molecule has 0 spiro atoms. The zero-order chi connectivity index (χ0) is 95.0. The molecule has 0 N–H and O–H groups in total. The molecule has 6 aromatic rings. The Bertz CT molecular complexity index is 3590. The van der Waals surface area contributed by atoms with Gasteiger partial charge in [0.1, 0.15) is 59.1 Å². The van der Waals surface area contributed by atoms with Crippen LogP contribution >= 0.6 is 0 Å². The number of fused-ring (bicyclic) bond motifs is 1. The van der Waals surface area contributed by atoms with E-state index in [1.807, 2.05) is 255 Å². The third kappa shape index (κ3) is 46.2. The predicted octanol–water partition coefficient (Wildman–Crippen LogP) is 20.0. The molecule has 0 bridgehead atoms. The molecule has 0 aliphatic carbocycles. The highest BCUT2D eigenvalue weighted by Crippen LogP contribution is 2.34. The molecular formula is C95H164O27Si6. The molecule has 0 atom stereocenters. The van der Waals surface area contributed by atoms with Gasteiger partial charge in [-0.05, 0) is 284 Å². The van der Waals surface area contributed by atoms with Crippen molar-refractivity contribution in [2.75, 3.05) is 174 Å². The van der Waals surface area contributed by atoms with Gasteiger partial charge in [-0.15, -0.1) is 0 Å². The normalized spacial score (nSPS) is 12.1. The van der Waals surface area contributed by atoms with Crippen LogP contribution in [0.5, 0.6) is 51.7 Å². The second-order valence-corrected chi connectivity index (χ2v) is 44.8. The molecule has 0 radical (unpaired) electrons. The van der Waals surface area contributed by atoms with Gasteiger partial charge in [0.15, 0.2) is 11.5 Å². The summed E-state index contributed by atoms with van der Waals surface area (Å²) in [5, 5.41) is 0. The molecule has 6 aromatic carbocycles. The van der Waals surface area contributed by atoms with Gasteiger partial charge in [0.25, 0.3) is 0 Å². The first-order valence-electron chi connectivity index (χ1n) is 46.2. The highest BCUT2D eigenvalue weighted by atomic mass is 28.4. The third-order valence-corrected chi connectivity index (χ3v) is 36.7. The second-order valence-electron chi connectivity index (χ2n) is 29.0. The maximum Gasteiger partial charge on any atom is 0.505 e. The van der Waals surface area contributed by atoms with Crippen LogP contribution in [0.4, 0.5) is 0 Å². The molecule has 0 aromatic heterocycles. The van der Waals surface area contributed by atoms with Crippen LogP contribution in [0.3, 0.4) is 0 Å². The Hall–Kier alpha value is -5.90. The Morgan fingerprint density at radius 2 is 0.484 bits per heavy atom. The molecule has 27 nitrogen and oxygen atoms in total. The van der Waals surface area contributed by atoms with Gasteiger partial charge in [-0.2, -0.15) is 0 Å². The predicted molar refractivity (Wildman–Crippen MR) is 519 cm³/mol. The van der Waals surface area contributed by atoms with E-state index in [0.29, 0.717) is 163 Å². The SMILES string of the molecule is CCO[Si](CCCc1cc(OC)cc(OC)c1)(OCC)OCC.CCO[Si](CCCc1ccc(OC)cc1)(OCC)OCC.CCO[Si](Cc1cc(OC)cc(OC)c1)(OCC)OCC.CCO[Si](Cc1ccc(OC(C)(C)C)cc1)(OCC)OCC.CCO[Si](Cc1ccc2c(c1)OCCO2)(OCC)OCC.CCOc1ccc(C[Si](OCC)(OCC)OCC)cc1. The Labute approximate surface area is 777 Å². The highest BCUT2D eigenvalue weighted by Gasteiger charge is 2.45. The van der Waals surface area contributed by atoms with Crippen molar-refractivity contribution in [3.8, 4) is 51.7 Å². The third-order valence-electron chi connectivity index (χ3n) is 18.3. The minimum Gasteiger partial charge on any atom is -0.497 e. The van der Waals surface area contributed by atoms with Crippen LogP contribution < -0.4 is 42.6 Å². The highest BCUT2D eigenvalue weighted by molar-refractivity contribution is 6.62. The molecule has 33 heteroatoms. The van der Waals surface area contributed by atoms with Gasteiger partial charge in [-0.3, -0.25) is 0 Å². The molecule has 1 aliphatic rings. The van der Waals surface area contributed by atoms with Crippen molar-refractivity contribution < 1.29 is 122 Å². The number of methoxy groups -OCH3 is 5. The van der Waals surface area contributed by atoms with Crippen LogP contribution in [-0.2, 0) is 117 Å². The molecule has 128 heavy (non-hydrogen) atoms. The van der Waals surface area contributed by atoms with Gasteiger partial charge in [-0.25, -0.2) is 0 Å². The molecule has 0 saturated carbocycles. The van der Waals surface area contributed by atoms with E-state index in [2.05, 4.69) is 24.3 Å². The lowest BCUT2D eigenvalue weighted by atomic mass is 10.1. The van der Waals surface area contributed by atoms with Crippen molar-refractivity contribution >= 4 is 52.8 Å². The van der Waals surface area contributed by atoms with E-state index in [9.17, 15) is 0 Å². The van der Waals surface area contributed by atoms with Crippen LogP contribution in [0, 0.1) is 0 Å². The van der Waals surface area contributed by atoms with E-state index in [-0.39, 0.29) is 5.60 Å². The summed E-state index contributed by atoms with van der Waals surface area (Å²) in [5.74, 6) is 7.33. The number of hydrogen-bond donors (Lipinski definition) is 0. The van der Waals surface area contributed by atoms with Crippen molar-refractivity contribution in [1.29, 1.82) is 0 Å². The summed E-state index contributed by atoms with van der Waals surface area (Å²) in [6, 6.07) is 46.2. The van der Waals surface area contributed by atoms with Gasteiger partial charge in [0.2, 0.25) is 0 Å². The molecular weight excluding hydrogens is 1740 g/mol. The van der Waals surface area contributed by atoms with Gasteiger partial charge < -0.3 is 122 Å². The van der Waals surface area contributed by atoms with Crippen LogP contribution in [-0.4, -0.2) is 233 Å². The minimum atomic E-state index is -2.72. The number of hydrogen-bond acceptors (Lipinski definition) is 27. The van der Waals surface area contributed by atoms with E-state index in [0.717, 1.165) is 112 Å². The van der Waals surface area contributed by atoms with Gasteiger partial charge in [-0.1, -0.05) is 42.5 Å². The average Bonchev–Trinajstić information content (AvgIpc) is 0.817. The van der Waals surface area contributed by atoms with Crippen LogP contribution in [0.1, 0.15) is 199 Å². The molecule has 0 saturated heterocycles. The summed E-state index contributed by atoms with van der Waals surface area (Å²) >= 11 is 0. The largest absolute Gasteiger partial charge is 0.505 e. The second kappa shape index (κ2) is 68.1. The first-order valence-corrected chi connectivity index (χ1v) is 57.8. The fraction of sp³-hybridized carbons (Fsp3) is 0.621. The van der Waals surface area contributed by atoms with E-state index in [1.165, 1.54) is 11.1 Å². The van der Waals surface area contributed by atoms with E-state index >= 15 is 0 Å². The average molecular weight is 1910 g/mol. The molecule has 0 fully saturated rings. The quantitative estimate of drug-likeness (QED) is 0.0322. The fourth-order valence-electron chi connectivity index (χ4n) is 13.6. The lowest BCUT2D eigenvalue weighted by molar-refractivity contribution is 0.0695. The fourth-order valence-corrected chi connectivity index (χ4v) is 29.3. The van der Waals surface area contributed by atoms with E-state index in [4.69, 9.17) is 122 Å². The molecule has 0 amide bonds. The number of aryl methyl sites for hydroxylation is 2. The first-order chi connectivity index (χ1) is 61.7. The summed E-state index contributed by atoms with van der Waals surface area (Å²) in [7, 11) is -7.42. The van der Waals surface area contributed by atoms with Crippen LogP contribution in [0.2, 0.25) is 12.1 Å². The molecule has 730 valence electrons. The lowest BCUT2D eigenvalue weighted by Crippen LogP contribution is -2.48. The smallest absolute Gasteiger partial charge is 0.497 e. The van der Waals surface area contributed by atoms with Crippen LogP contribution in [0.15, 0.2) is 127 Å². The Morgan fingerprint density at radius 3 is 0.781 bits per heavy atom. The zero-order valence-electron chi connectivity index (χ0n) is 83.1. The maximum atomic E-state index is 5.89. The standard InChI is InChI=1S/C17H30O5Si.C17H30O4Si.C16H28O4Si.C15H24O5Si.C15H26O5Si.C15H26O4Si/c1-6-20-23(21-7-2,22-8-3)11-9-10-15-12-16(18-4)14-17(13-15)19-5;1-7-18-22(19-8-2,20-9-3)14-15-10-12-16(13-11-15)21-17(4,5)6;1-5-18-21(19-6-2,20-7-3)14-8-9-15-10-12-16(17-4)13-11-15;1-4-18-21(19-5-2,20-6-3)12-13-7-8-14-15(11-13)17-10-9-16-14;1-6-18-21(19-7-2,20-8-3)12-13-9-14(16-4)11-15(10-13)17-5;1-5-16-15-11-9-14(10-12-15)13-20(17-6-2,18-7-3)19-8-4/h12-14H,6-11H2,1-5H3;10-13H,7-9,14H2,1-6H3;10-13H,5-9,14H2,1-4H3;7-8,11H,4-6,9-10,12H2,1-3H3;9-11H,6-8,12H2,1-5H3;9-12H,5-8,13H2,1-4H3. The molecule has 0 unspecified atom stereocenters. The van der Waals surface area contributed by atoms with Crippen molar-refractivity contribution in [3.05, 3.63) is 161 Å². The lowest BCUT2D eigenvalue weighted by Gasteiger charge is -2.29. The van der Waals surface area contributed by atoms with Crippen LogP contribution in [0.25, 0.3) is 0 Å². The Morgan fingerprint density at radius 1 is 0.234 bits per heavy atom. The van der Waals surface area contributed by atoms with Crippen molar-refractivity contribution in [1.82, 2.24) is 0 Å². The number of benzene rings is 6. The minimum absolute atomic E-state index is 0.192. The first kappa shape index (κ1) is 118. The zero-order valence-corrected chi connectivity index (χ0v) is 89.1. The van der Waals surface area contributed by atoms with Crippen molar-refractivity contribution in [2.45, 2.75) is 220 Å². The van der Waals surface area contributed by atoms with E-state index in [1.54, 1.807) is 35.5 Å². The number of rotatable bonds is 60. The summed E-state index contributed by atoms with van der Waals surface area (Å²) in [4.78, 5) is 0. The van der Waals surface area contributed by atoms with Gasteiger partial charge in [0, 0.05) is 167 Å². The summed E-state index contributed by atoms with van der Waals surface area (Å²) < 4.78 is 155. The van der Waals surface area contributed by atoms with Gasteiger partial charge >= 0.3 is 52.8 Å². The summed E-state index contributed by atoms with van der Waals surface area (Å²) in [5.41, 5.74) is 6.67. The summed E-state index contributed by atoms with van der Waals surface area (Å²) in [6.07, 6.45) is 3.82. The Kier molecular flexibility index (Phi) is 62.9. The van der Waals surface area contributed by atoms with E-state index < -0.39 is 52.8 Å². The number of ether oxygens (including phenoxy) is 9. The topological polar surface area (TPSA) is 249 Å². The molecule has 7 rings (SSSR count).